The molecule has 0 aliphatic rings. The molecule has 2 nitrogen and oxygen atoms in total. The highest BCUT2D eigenvalue weighted by Gasteiger charge is 2.14. The molecule has 2 aromatic rings. The second kappa shape index (κ2) is 6.42. The highest BCUT2D eigenvalue weighted by atomic mass is 79.9. The molecule has 0 saturated heterocycles. The standard InChI is InChI=1S/C16H15BrClNO/c1-3-11-4-7-13(8-5-11)19(2)16(20)12-6-9-14(17)15(18)10-12/h4-10H,3H2,1-2H3. The van der Waals surface area contributed by atoms with Gasteiger partial charge in [0.25, 0.3) is 5.91 Å². The SMILES string of the molecule is CCc1ccc(N(C)C(=O)c2ccc(Br)c(Cl)c2)cc1. The van der Waals surface area contributed by atoms with Crippen molar-refractivity contribution < 1.29 is 4.79 Å². The van der Waals surface area contributed by atoms with E-state index < -0.39 is 0 Å². The van der Waals surface area contributed by atoms with Gasteiger partial charge in [-0.25, -0.2) is 0 Å². The van der Waals surface area contributed by atoms with Gasteiger partial charge in [0.05, 0.1) is 5.02 Å². The molecule has 0 N–H and O–H groups in total. The molecule has 0 spiro atoms. The van der Waals surface area contributed by atoms with Crippen LogP contribution in [0.4, 0.5) is 5.69 Å². The number of hydrogen-bond donors (Lipinski definition) is 0. The fourth-order valence-electron chi connectivity index (χ4n) is 1.90. The van der Waals surface area contributed by atoms with Crippen LogP contribution in [0.1, 0.15) is 22.8 Å². The quantitative estimate of drug-likeness (QED) is 0.766. The molecule has 4 heteroatoms. The molecule has 0 aliphatic carbocycles. The molecule has 20 heavy (non-hydrogen) atoms. The van der Waals surface area contributed by atoms with Gasteiger partial charge in [-0.3, -0.25) is 4.79 Å². The molecule has 0 radical (unpaired) electrons. The van der Waals surface area contributed by atoms with Crippen molar-refractivity contribution in [2.24, 2.45) is 0 Å². The van der Waals surface area contributed by atoms with E-state index in [4.69, 9.17) is 11.6 Å². The number of halogens is 2. The zero-order valence-electron chi connectivity index (χ0n) is 11.4. The van der Waals surface area contributed by atoms with E-state index in [1.807, 2.05) is 24.3 Å². The fourth-order valence-corrected chi connectivity index (χ4v) is 2.32. The molecule has 2 rings (SSSR count). The summed E-state index contributed by atoms with van der Waals surface area (Å²) in [6, 6.07) is 13.2. The summed E-state index contributed by atoms with van der Waals surface area (Å²) in [6.07, 6.45) is 0.986. The Balaban J connectivity index is 2.24. The molecule has 0 saturated carbocycles. The Morgan fingerprint density at radius 2 is 1.85 bits per heavy atom. The topological polar surface area (TPSA) is 20.3 Å². The number of anilines is 1. The second-order valence-corrected chi connectivity index (χ2v) is 5.77. The Morgan fingerprint density at radius 3 is 2.40 bits per heavy atom. The van der Waals surface area contributed by atoms with Crippen LogP contribution in [0.25, 0.3) is 0 Å². The third-order valence-electron chi connectivity index (χ3n) is 3.20. The molecule has 1 amide bonds. The van der Waals surface area contributed by atoms with Gasteiger partial charge in [-0.1, -0.05) is 30.7 Å². The Labute approximate surface area is 132 Å². The number of amides is 1. The van der Waals surface area contributed by atoms with Crippen molar-refractivity contribution in [1.82, 2.24) is 0 Å². The number of nitrogens with zero attached hydrogens (tertiary/aromatic N) is 1. The first kappa shape index (κ1) is 15.1. The van der Waals surface area contributed by atoms with Gasteiger partial charge in [0.2, 0.25) is 0 Å². The minimum Gasteiger partial charge on any atom is -0.311 e. The van der Waals surface area contributed by atoms with Crippen LogP contribution in [0.3, 0.4) is 0 Å². The predicted octanol–water partition coefficient (Wildman–Crippen LogP) is 4.94. The van der Waals surface area contributed by atoms with E-state index in [0.29, 0.717) is 10.6 Å². The number of aryl methyl sites for hydroxylation is 1. The van der Waals surface area contributed by atoms with E-state index in [-0.39, 0.29) is 5.91 Å². The van der Waals surface area contributed by atoms with Crippen molar-refractivity contribution >= 4 is 39.1 Å². The third kappa shape index (κ3) is 3.22. The smallest absolute Gasteiger partial charge is 0.258 e. The second-order valence-electron chi connectivity index (χ2n) is 4.51. The lowest BCUT2D eigenvalue weighted by Crippen LogP contribution is -2.26. The van der Waals surface area contributed by atoms with Crippen LogP contribution in [0, 0.1) is 0 Å². The van der Waals surface area contributed by atoms with Gasteiger partial charge in [-0.2, -0.15) is 0 Å². The van der Waals surface area contributed by atoms with Crippen molar-refractivity contribution in [3.05, 3.63) is 63.1 Å². The van der Waals surface area contributed by atoms with Crippen molar-refractivity contribution in [1.29, 1.82) is 0 Å². The minimum atomic E-state index is -0.0800. The Bertz CT molecular complexity index is 625. The molecule has 104 valence electrons. The van der Waals surface area contributed by atoms with E-state index in [1.54, 1.807) is 30.1 Å². The highest BCUT2D eigenvalue weighted by molar-refractivity contribution is 9.10. The highest BCUT2D eigenvalue weighted by Crippen LogP contribution is 2.24. The molecular weight excluding hydrogens is 338 g/mol. The van der Waals surface area contributed by atoms with Crippen molar-refractivity contribution in [2.75, 3.05) is 11.9 Å². The summed E-state index contributed by atoms with van der Waals surface area (Å²) in [4.78, 5) is 14.0. The van der Waals surface area contributed by atoms with E-state index in [0.717, 1.165) is 16.6 Å². The lowest BCUT2D eigenvalue weighted by Gasteiger charge is -2.18. The third-order valence-corrected chi connectivity index (χ3v) is 4.44. The molecule has 0 heterocycles. The number of carbonyl (C=O) groups excluding carboxylic acids is 1. The van der Waals surface area contributed by atoms with Crippen LogP contribution < -0.4 is 4.90 Å². The molecule has 0 aliphatic heterocycles. The van der Waals surface area contributed by atoms with Crippen LogP contribution in [-0.4, -0.2) is 13.0 Å². The maximum Gasteiger partial charge on any atom is 0.258 e. The molecule has 0 aromatic heterocycles. The Hall–Kier alpha value is -1.32. The van der Waals surface area contributed by atoms with Gasteiger partial charge < -0.3 is 4.90 Å². The van der Waals surface area contributed by atoms with Gasteiger partial charge in [0.15, 0.2) is 0 Å². The van der Waals surface area contributed by atoms with Crippen LogP contribution in [-0.2, 0) is 6.42 Å². The normalized spacial score (nSPS) is 10.4. The predicted molar refractivity (Wildman–Crippen MR) is 87.7 cm³/mol. The summed E-state index contributed by atoms with van der Waals surface area (Å²) >= 11 is 9.35. The average Bonchev–Trinajstić information content (AvgIpc) is 2.48. The van der Waals surface area contributed by atoms with Crippen LogP contribution in [0.5, 0.6) is 0 Å². The molecule has 0 fully saturated rings. The monoisotopic (exact) mass is 351 g/mol. The summed E-state index contributed by atoms with van der Waals surface area (Å²) in [5.74, 6) is -0.0800. The van der Waals surface area contributed by atoms with Crippen LogP contribution >= 0.6 is 27.5 Å². The van der Waals surface area contributed by atoms with E-state index in [1.165, 1.54) is 5.56 Å². The Morgan fingerprint density at radius 1 is 1.20 bits per heavy atom. The van der Waals surface area contributed by atoms with E-state index in [9.17, 15) is 4.79 Å². The molecule has 0 atom stereocenters. The van der Waals surface area contributed by atoms with Crippen LogP contribution in [0.15, 0.2) is 46.9 Å². The summed E-state index contributed by atoms with van der Waals surface area (Å²) in [5.41, 5.74) is 2.69. The molecule has 2 aromatic carbocycles. The number of hydrogen-bond acceptors (Lipinski definition) is 1. The number of carbonyl (C=O) groups is 1. The van der Waals surface area contributed by atoms with Crippen LogP contribution in [0.2, 0.25) is 5.02 Å². The van der Waals surface area contributed by atoms with E-state index >= 15 is 0 Å². The largest absolute Gasteiger partial charge is 0.311 e. The van der Waals surface area contributed by atoms with Crippen molar-refractivity contribution in [3.63, 3.8) is 0 Å². The zero-order chi connectivity index (χ0) is 14.7. The fraction of sp³-hybridized carbons (Fsp3) is 0.188. The van der Waals surface area contributed by atoms with Crippen molar-refractivity contribution in [3.8, 4) is 0 Å². The van der Waals surface area contributed by atoms with Gasteiger partial charge in [-0.15, -0.1) is 0 Å². The van der Waals surface area contributed by atoms with Crippen molar-refractivity contribution in [2.45, 2.75) is 13.3 Å². The van der Waals surface area contributed by atoms with E-state index in [2.05, 4.69) is 22.9 Å². The Kier molecular flexibility index (Phi) is 4.84. The van der Waals surface area contributed by atoms with Gasteiger partial charge in [0.1, 0.15) is 0 Å². The molecular formula is C16H15BrClNO. The summed E-state index contributed by atoms with van der Waals surface area (Å²) in [7, 11) is 1.76. The lowest BCUT2D eigenvalue weighted by atomic mass is 10.1. The maximum atomic E-state index is 12.4. The first-order valence-corrected chi connectivity index (χ1v) is 7.52. The molecule has 0 unspecified atom stereocenters. The zero-order valence-corrected chi connectivity index (χ0v) is 13.7. The lowest BCUT2D eigenvalue weighted by molar-refractivity contribution is 0.0993. The summed E-state index contributed by atoms with van der Waals surface area (Å²) < 4.78 is 0.783. The first-order chi connectivity index (χ1) is 9.52. The summed E-state index contributed by atoms with van der Waals surface area (Å²) in [6.45, 7) is 2.10. The van der Waals surface area contributed by atoms with Gasteiger partial charge in [0, 0.05) is 22.8 Å². The molecule has 0 bridgehead atoms. The van der Waals surface area contributed by atoms with Gasteiger partial charge >= 0.3 is 0 Å². The van der Waals surface area contributed by atoms with Gasteiger partial charge in [-0.05, 0) is 58.2 Å². The maximum absolute atomic E-state index is 12.4. The summed E-state index contributed by atoms with van der Waals surface area (Å²) in [5, 5.41) is 0.533. The first-order valence-electron chi connectivity index (χ1n) is 6.35. The minimum absolute atomic E-state index is 0.0800. The number of rotatable bonds is 3. The average molecular weight is 353 g/mol. The number of benzene rings is 2.